The molecule has 1 saturated heterocycles. The summed E-state index contributed by atoms with van der Waals surface area (Å²) in [5.41, 5.74) is 3.63. The Bertz CT molecular complexity index is 1280. The number of hydrogen-bond donors (Lipinski definition) is 0. The summed E-state index contributed by atoms with van der Waals surface area (Å²) in [5.74, 6) is -3.20. The predicted octanol–water partition coefficient (Wildman–Crippen LogP) is 7.72. The molecule has 0 aromatic heterocycles. The minimum Gasteiger partial charge on any atom is -0.374 e. The molecular weight excluding hydrogens is 494 g/mol. The molecule has 1 aliphatic rings. The third-order valence-corrected chi connectivity index (χ3v) is 7.12. The lowest BCUT2D eigenvalue weighted by molar-refractivity contribution is -0.219. The van der Waals surface area contributed by atoms with Gasteiger partial charge < -0.3 is 14.2 Å². The minimum absolute atomic E-state index is 0.00603. The zero-order chi connectivity index (χ0) is 26.9. The molecule has 4 aromatic carbocycles. The van der Waals surface area contributed by atoms with Crippen LogP contribution in [0.25, 0.3) is 0 Å². The molecule has 0 spiro atoms. The van der Waals surface area contributed by atoms with Crippen LogP contribution in [0.4, 0.5) is 8.78 Å². The van der Waals surface area contributed by atoms with Gasteiger partial charge in [0.25, 0.3) is 5.92 Å². The Morgan fingerprint density at radius 1 is 0.667 bits per heavy atom. The van der Waals surface area contributed by atoms with E-state index in [1.54, 1.807) is 12.1 Å². The predicted molar refractivity (Wildman–Crippen MR) is 149 cm³/mol. The number of rotatable bonds is 11. The van der Waals surface area contributed by atoms with Gasteiger partial charge in [0.2, 0.25) is 0 Å². The second kappa shape index (κ2) is 13.1. The average Bonchev–Trinajstić information content (AvgIpc) is 2.98. The summed E-state index contributed by atoms with van der Waals surface area (Å²) in [6, 6.07) is 36.1. The van der Waals surface area contributed by atoms with Crippen LogP contribution in [0.15, 0.2) is 115 Å². The smallest absolute Gasteiger partial charge is 0.299 e. The molecule has 1 fully saturated rings. The van der Waals surface area contributed by atoms with Crippen LogP contribution >= 0.6 is 0 Å². The molecule has 0 N–H and O–H groups in total. The first kappa shape index (κ1) is 27.2. The molecular formula is C34H34F2O3. The van der Waals surface area contributed by atoms with Gasteiger partial charge in [-0.05, 0) is 28.7 Å². The molecule has 3 atom stereocenters. The normalized spacial score (nSPS) is 19.6. The van der Waals surface area contributed by atoms with Gasteiger partial charge in [-0.2, -0.15) is 8.78 Å². The maximum atomic E-state index is 16.3. The van der Waals surface area contributed by atoms with Gasteiger partial charge in [0.15, 0.2) is 0 Å². The van der Waals surface area contributed by atoms with Crippen LogP contribution in [-0.4, -0.2) is 24.9 Å². The lowest BCUT2D eigenvalue weighted by Gasteiger charge is -2.39. The molecule has 2 unspecified atom stereocenters. The van der Waals surface area contributed by atoms with Crippen molar-refractivity contribution in [3.63, 3.8) is 0 Å². The van der Waals surface area contributed by atoms with E-state index in [0.29, 0.717) is 31.6 Å². The molecule has 5 rings (SSSR count). The number of benzene rings is 4. The summed E-state index contributed by atoms with van der Waals surface area (Å²) in [6.07, 6.45) is -1.16. The summed E-state index contributed by atoms with van der Waals surface area (Å²) >= 11 is 0. The van der Waals surface area contributed by atoms with Crippen molar-refractivity contribution >= 4 is 0 Å². The highest BCUT2D eigenvalue weighted by molar-refractivity contribution is 5.36. The molecule has 202 valence electrons. The van der Waals surface area contributed by atoms with Crippen LogP contribution in [0.5, 0.6) is 0 Å². The summed E-state index contributed by atoms with van der Waals surface area (Å²) in [4.78, 5) is 0. The molecule has 1 aliphatic heterocycles. The van der Waals surface area contributed by atoms with Crippen molar-refractivity contribution in [3.05, 3.63) is 143 Å². The van der Waals surface area contributed by atoms with Gasteiger partial charge >= 0.3 is 0 Å². The fourth-order valence-corrected chi connectivity index (χ4v) is 5.11. The molecule has 0 aliphatic carbocycles. The van der Waals surface area contributed by atoms with Gasteiger partial charge in [-0.1, -0.05) is 115 Å². The molecule has 4 aromatic rings. The fraction of sp³-hybridized carbons (Fsp3) is 0.294. The summed E-state index contributed by atoms with van der Waals surface area (Å²) in [7, 11) is 0. The molecule has 5 heteroatoms. The first-order valence-corrected chi connectivity index (χ1v) is 13.5. The van der Waals surface area contributed by atoms with Crippen molar-refractivity contribution in [2.75, 3.05) is 6.61 Å². The van der Waals surface area contributed by atoms with Crippen LogP contribution in [0.1, 0.15) is 40.7 Å². The van der Waals surface area contributed by atoms with Gasteiger partial charge in [-0.3, -0.25) is 0 Å². The first-order valence-electron chi connectivity index (χ1n) is 13.5. The molecule has 0 radical (unpaired) electrons. The van der Waals surface area contributed by atoms with Crippen LogP contribution in [0, 0.1) is 0 Å². The highest BCUT2D eigenvalue weighted by atomic mass is 19.3. The van der Waals surface area contributed by atoms with E-state index >= 15 is 8.78 Å². The monoisotopic (exact) mass is 528 g/mol. The largest absolute Gasteiger partial charge is 0.374 e. The van der Waals surface area contributed by atoms with Crippen molar-refractivity contribution in [2.45, 2.75) is 56.7 Å². The summed E-state index contributed by atoms with van der Waals surface area (Å²) in [6.45, 7) is 0.988. The SMILES string of the molecule is FC(F)(c1ccccc1Cc1ccccc1)C1CC(OCc2ccccc2)C[C@@H](COCc2ccccc2)O1. The van der Waals surface area contributed by atoms with Gasteiger partial charge in [-0.25, -0.2) is 0 Å². The van der Waals surface area contributed by atoms with Gasteiger partial charge in [0.1, 0.15) is 6.10 Å². The Balaban J connectivity index is 1.33. The summed E-state index contributed by atoms with van der Waals surface area (Å²) < 4.78 is 50.7. The van der Waals surface area contributed by atoms with Gasteiger partial charge in [-0.15, -0.1) is 0 Å². The standard InChI is InChI=1S/C34H34F2O3/c35-34(36,32-19-11-10-18-29(32)20-26-12-4-1-5-13-26)33-22-30(38-24-28-16-8-3-9-17-28)21-31(39-33)25-37-23-27-14-6-2-7-15-27/h1-19,30-31,33H,20-25H2/t30?,31-,33?/m0/s1. The lowest BCUT2D eigenvalue weighted by atomic mass is 9.89. The summed E-state index contributed by atoms with van der Waals surface area (Å²) in [5, 5.41) is 0. The van der Waals surface area contributed by atoms with E-state index in [1.165, 1.54) is 6.07 Å². The first-order chi connectivity index (χ1) is 19.1. The molecule has 1 heterocycles. The Kier molecular flexibility index (Phi) is 9.15. The Labute approximate surface area is 229 Å². The second-order valence-corrected chi connectivity index (χ2v) is 10.1. The number of ether oxygens (including phenoxy) is 3. The molecule has 39 heavy (non-hydrogen) atoms. The second-order valence-electron chi connectivity index (χ2n) is 10.1. The van der Waals surface area contributed by atoms with Crippen molar-refractivity contribution < 1.29 is 23.0 Å². The number of hydrogen-bond acceptors (Lipinski definition) is 3. The van der Waals surface area contributed by atoms with Crippen LogP contribution in [0.2, 0.25) is 0 Å². The van der Waals surface area contributed by atoms with Gasteiger partial charge in [0.05, 0.1) is 32.0 Å². The third-order valence-electron chi connectivity index (χ3n) is 7.12. The van der Waals surface area contributed by atoms with Crippen molar-refractivity contribution in [2.24, 2.45) is 0 Å². The average molecular weight is 529 g/mol. The molecule has 0 bridgehead atoms. The zero-order valence-electron chi connectivity index (χ0n) is 21.9. The topological polar surface area (TPSA) is 27.7 Å². The van der Waals surface area contributed by atoms with E-state index in [4.69, 9.17) is 14.2 Å². The van der Waals surface area contributed by atoms with E-state index < -0.39 is 18.1 Å². The van der Waals surface area contributed by atoms with Crippen LogP contribution in [0.3, 0.4) is 0 Å². The molecule has 0 saturated carbocycles. The Morgan fingerprint density at radius 3 is 1.90 bits per heavy atom. The van der Waals surface area contributed by atoms with E-state index in [2.05, 4.69) is 0 Å². The van der Waals surface area contributed by atoms with E-state index in [9.17, 15) is 0 Å². The van der Waals surface area contributed by atoms with Gasteiger partial charge in [0, 0.05) is 18.4 Å². The van der Waals surface area contributed by atoms with Crippen molar-refractivity contribution in [1.29, 1.82) is 0 Å². The van der Waals surface area contributed by atoms with Crippen LogP contribution < -0.4 is 0 Å². The van der Waals surface area contributed by atoms with Crippen molar-refractivity contribution in [3.8, 4) is 0 Å². The quantitative estimate of drug-likeness (QED) is 0.199. The third kappa shape index (κ3) is 7.39. The minimum atomic E-state index is -3.20. The highest BCUT2D eigenvalue weighted by Crippen LogP contribution is 2.42. The van der Waals surface area contributed by atoms with Crippen LogP contribution in [-0.2, 0) is 39.8 Å². The zero-order valence-corrected chi connectivity index (χ0v) is 21.9. The Morgan fingerprint density at radius 2 is 1.23 bits per heavy atom. The highest BCUT2D eigenvalue weighted by Gasteiger charge is 2.48. The van der Waals surface area contributed by atoms with E-state index in [1.807, 2.05) is 97.1 Å². The molecule has 3 nitrogen and oxygen atoms in total. The lowest BCUT2D eigenvalue weighted by Crippen LogP contribution is -2.46. The number of halogens is 2. The maximum absolute atomic E-state index is 16.3. The molecule has 0 amide bonds. The fourth-order valence-electron chi connectivity index (χ4n) is 5.11. The van der Waals surface area contributed by atoms with E-state index in [0.717, 1.165) is 16.7 Å². The van der Waals surface area contributed by atoms with E-state index in [-0.39, 0.29) is 24.7 Å². The van der Waals surface area contributed by atoms with Crippen molar-refractivity contribution in [1.82, 2.24) is 0 Å². The number of alkyl halides is 2. The Hall–Kier alpha value is -3.38. The maximum Gasteiger partial charge on any atom is 0.299 e.